The molecule has 36 heavy (non-hydrogen) atoms. The molecule has 0 bridgehead atoms. The van der Waals surface area contributed by atoms with Gasteiger partial charge in [0.05, 0.1) is 12.9 Å². The molecule has 2 unspecified atom stereocenters. The molecule has 1 heterocycles. The second-order valence-electron chi connectivity index (χ2n) is 8.30. The van der Waals surface area contributed by atoms with Crippen LogP contribution in [0, 0.1) is 0 Å². The van der Waals surface area contributed by atoms with Crippen molar-refractivity contribution in [2.75, 3.05) is 6.61 Å². The van der Waals surface area contributed by atoms with Gasteiger partial charge in [-0.15, -0.1) is 0 Å². The number of H-pyrrole nitrogens is 1. The number of imidazole rings is 1. The molecule has 6 N–H and O–H groups in total. The number of carbonyl (C=O) groups excluding carboxylic acids is 2. The number of hydrogen-bond donors (Lipinski definition) is 6. The lowest BCUT2D eigenvalue weighted by atomic mass is 10.1. The lowest BCUT2D eigenvalue weighted by Gasteiger charge is -2.16. The lowest BCUT2D eigenvalue weighted by Crippen LogP contribution is -2.43. The molecule has 0 fully saturated rings. The summed E-state index contributed by atoms with van der Waals surface area (Å²) in [6, 6.07) is -0.665. The molecule has 1 rings (SSSR count). The van der Waals surface area contributed by atoms with Crippen molar-refractivity contribution in [1.29, 1.82) is 0 Å². The van der Waals surface area contributed by atoms with Gasteiger partial charge in [0.15, 0.2) is 12.2 Å². The van der Waals surface area contributed by atoms with Crippen LogP contribution in [-0.4, -0.2) is 79.1 Å². The first-order valence-electron chi connectivity index (χ1n) is 12.4. The van der Waals surface area contributed by atoms with Gasteiger partial charge in [-0.2, -0.15) is 0 Å². The van der Waals surface area contributed by atoms with Crippen LogP contribution < -0.4 is 5.32 Å². The first kappa shape index (κ1) is 33.0. The van der Waals surface area contributed by atoms with Gasteiger partial charge in [0.1, 0.15) is 6.04 Å². The van der Waals surface area contributed by atoms with Gasteiger partial charge < -0.3 is 35.5 Å². The van der Waals surface area contributed by atoms with Crippen LogP contribution in [0.4, 0.5) is 0 Å². The summed E-state index contributed by atoms with van der Waals surface area (Å²) in [5, 5.41) is 35.3. The molecule has 3 atom stereocenters. The Labute approximate surface area is 211 Å². The second kappa shape index (κ2) is 20.2. The highest BCUT2D eigenvalue weighted by atomic mass is 16.5. The monoisotopic (exact) mass is 515 g/mol. The van der Waals surface area contributed by atoms with Gasteiger partial charge in [-0.1, -0.05) is 58.3 Å². The summed E-state index contributed by atoms with van der Waals surface area (Å²) in [5.74, 6) is -4.03. The molecule has 0 aliphatic carbocycles. The predicted molar refractivity (Wildman–Crippen MR) is 130 cm³/mol. The number of aliphatic carboxylic acids is 2. The van der Waals surface area contributed by atoms with Crippen molar-refractivity contribution >= 4 is 23.8 Å². The van der Waals surface area contributed by atoms with Gasteiger partial charge in [-0.05, 0) is 13.3 Å². The van der Waals surface area contributed by atoms with E-state index < -0.39 is 36.2 Å². The van der Waals surface area contributed by atoms with Crippen LogP contribution in [0.15, 0.2) is 12.5 Å². The normalized spacial score (nSPS) is 13.0. The highest BCUT2D eigenvalue weighted by molar-refractivity contribution is 5.84. The number of nitrogens with zero attached hydrogens (tertiary/aromatic N) is 1. The third kappa shape index (κ3) is 15.8. The quantitative estimate of drug-likeness (QED) is 0.124. The maximum absolute atomic E-state index is 12.2. The average molecular weight is 516 g/mol. The summed E-state index contributed by atoms with van der Waals surface area (Å²) in [4.78, 5) is 50.6. The van der Waals surface area contributed by atoms with E-state index in [1.54, 1.807) is 19.4 Å². The number of nitrogens with one attached hydrogen (secondary N) is 2. The number of unbranched alkanes of at least 4 members (excludes halogenated alkanes) is 8. The molecule has 1 aromatic heterocycles. The van der Waals surface area contributed by atoms with Crippen molar-refractivity contribution in [1.82, 2.24) is 15.3 Å². The smallest absolute Gasteiger partial charge is 0.335 e. The molecule has 0 saturated carbocycles. The minimum atomic E-state index is -2.27. The van der Waals surface area contributed by atoms with Gasteiger partial charge in [-0.3, -0.25) is 4.79 Å². The second-order valence-corrected chi connectivity index (χ2v) is 8.30. The summed E-state index contributed by atoms with van der Waals surface area (Å²) < 4.78 is 5.06. The molecule has 0 spiro atoms. The van der Waals surface area contributed by atoms with Gasteiger partial charge in [0.25, 0.3) is 0 Å². The van der Waals surface area contributed by atoms with Crippen molar-refractivity contribution in [2.24, 2.45) is 0 Å². The van der Waals surface area contributed by atoms with E-state index in [1.165, 1.54) is 44.9 Å². The number of ether oxygens (including phenoxy) is 1. The molecule has 0 aliphatic heterocycles. The molecule has 0 aromatic carbocycles. The molecule has 1 aromatic rings. The van der Waals surface area contributed by atoms with Crippen LogP contribution in [0.5, 0.6) is 0 Å². The Morgan fingerprint density at radius 1 is 0.917 bits per heavy atom. The molecule has 0 saturated heterocycles. The van der Waals surface area contributed by atoms with Gasteiger partial charge in [-0.25, -0.2) is 19.4 Å². The molecule has 206 valence electrons. The number of carboxylic acids is 2. The fourth-order valence-electron chi connectivity index (χ4n) is 3.19. The zero-order valence-electron chi connectivity index (χ0n) is 21.1. The Balaban J connectivity index is 0.00000103. The summed E-state index contributed by atoms with van der Waals surface area (Å²) >= 11 is 0. The third-order valence-electron chi connectivity index (χ3n) is 5.20. The van der Waals surface area contributed by atoms with E-state index in [0.717, 1.165) is 18.5 Å². The van der Waals surface area contributed by atoms with Crippen LogP contribution in [0.3, 0.4) is 0 Å². The van der Waals surface area contributed by atoms with Crippen LogP contribution in [0.2, 0.25) is 0 Å². The molecular weight excluding hydrogens is 474 g/mol. The Morgan fingerprint density at radius 2 is 1.44 bits per heavy atom. The first-order chi connectivity index (χ1) is 17.1. The Morgan fingerprint density at radius 3 is 1.89 bits per heavy atom. The molecule has 12 nitrogen and oxygen atoms in total. The minimum Gasteiger partial charge on any atom is -0.479 e. The number of esters is 1. The van der Waals surface area contributed by atoms with E-state index in [9.17, 15) is 19.2 Å². The van der Waals surface area contributed by atoms with E-state index in [2.05, 4.69) is 22.2 Å². The summed E-state index contributed by atoms with van der Waals surface area (Å²) in [5.41, 5.74) is 0.798. The highest BCUT2D eigenvalue weighted by Gasteiger charge is 2.29. The summed E-state index contributed by atoms with van der Waals surface area (Å²) in [6.07, 6.45) is 10.4. The third-order valence-corrected chi connectivity index (χ3v) is 5.20. The number of aromatic amines is 1. The summed E-state index contributed by atoms with van der Waals surface area (Å²) in [7, 11) is 0. The zero-order chi connectivity index (χ0) is 27.3. The van der Waals surface area contributed by atoms with Gasteiger partial charge in [0.2, 0.25) is 5.91 Å². The Kier molecular flexibility index (Phi) is 18.5. The Bertz CT molecular complexity index is 738. The lowest BCUT2D eigenvalue weighted by molar-refractivity contribution is -0.165. The molecular formula is C24H41N3O9. The maximum atomic E-state index is 12.2. The number of rotatable bonds is 18. The van der Waals surface area contributed by atoms with Crippen molar-refractivity contribution in [3.63, 3.8) is 0 Å². The number of aromatic nitrogens is 2. The number of carbonyl (C=O) groups is 4. The van der Waals surface area contributed by atoms with Crippen LogP contribution in [0.25, 0.3) is 0 Å². The number of aliphatic hydroxyl groups is 2. The molecule has 1 amide bonds. The molecule has 0 aliphatic rings. The number of aliphatic hydroxyl groups excluding tert-OH is 2. The standard InChI is InChI=1S/C20H35N3O3.C4H6O6/c1-3-5-6-7-8-9-10-11-12-13-19(24)23-18(20(25)26-4-2)14-17-15-21-16-22-17;5-1(3(7)8)2(6)4(9)10/h15-16,18H,3-14H2,1-2H3,(H,21,22)(H,23,24);1-2,5-6H,(H,7,8)(H,9,10)/t18-;/m0./s1. The fraction of sp³-hybridized carbons (Fsp3) is 0.708. The molecule has 0 radical (unpaired) electrons. The predicted octanol–water partition coefficient (Wildman–Crippen LogP) is 1.80. The SMILES string of the molecule is CCCCCCCCCCCC(=O)N[C@@H](Cc1cnc[nH]1)C(=O)OCC.O=C(O)C(O)C(O)C(=O)O. The van der Waals surface area contributed by atoms with E-state index in [1.807, 2.05) is 0 Å². The first-order valence-corrected chi connectivity index (χ1v) is 12.4. The topological polar surface area (TPSA) is 199 Å². The number of amides is 1. The van der Waals surface area contributed by atoms with Crippen LogP contribution in [-0.2, 0) is 30.3 Å². The fourth-order valence-corrected chi connectivity index (χ4v) is 3.19. The van der Waals surface area contributed by atoms with Crippen molar-refractivity contribution in [3.05, 3.63) is 18.2 Å². The van der Waals surface area contributed by atoms with Gasteiger partial charge in [0, 0.05) is 24.7 Å². The van der Waals surface area contributed by atoms with Crippen molar-refractivity contribution in [3.8, 4) is 0 Å². The van der Waals surface area contributed by atoms with E-state index in [0.29, 0.717) is 19.4 Å². The van der Waals surface area contributed by atoms with Crippen molar-refractivity contribution in [2.45, 2.75) is 103 Å². The highest BCUT2D eigenvalue weighted by Crippen LogP contribution is 2.11. The maximum Gasteiger partial charge on any atom is 0.335 e. The van der Waals surface area contributed by atoms with E-state index in [-0.39, 0.29) is 5.91 Å². The summed E-state index contributed by atoms with van der Waals surface area (Å²) in [6.45, 7) is 4.29. The zero-order valence-corrected chi connectivity index (χ0v) is 21.1. The number of carboxylic acid groups (broad SMARTS) is 2. The molecule has 12 heteroatoms. The largest absolute Gasteiger partial charge is 0.479 e. The minimum absolute atomic E-state index is 0.0921. The van der Waals surface area contributed by atoms with Crippen molar-refractivity contribution < 1.29 is 44.3 Å². The Hall–Kier alpha value is -2.99. The van der Waals surface area contributed by atoms with E-state index >= 15 is 0 Å². The van der Waals surface area contributed by atoms with Gasteiger partial charge >= 0.3 is 17.9 Å². The van der Waals surface area contributed by atoms with E-state index in [4.69, 9.17) is 25.2 Å². The number of hydrogen-bond acceptors (Lipinski definition) is 8. The van der Waals surface area contributed by atoms with Crippen LogP contribution >= 0.6 is 0 Å². The average Bonchev–Trinajstić information content (AvgIpc) is 3.35. The van der Waals surface area contributed by atoms with Crippen LogP contribution in [0.1, 0.15) is 83.7 Å².